The van der Waals surface area contributed by atoms with Crippen molar-refractivity contribution in [2.24, 2.45) is 5.92 Å². The van der Waals surface area contributed by atoms with Gasteiger partial charge in [0.05, 0.1) is 6.61 Å². The van der Waals surface area contributed by atoms with Crippen LogP contribution in [0, 0.1) is 5.92 Å². The molecule has 0 saturated carbocycles. The van der Waals surface area contributed by atoms with E-state index in [1.807, 2.05) is 36.4 Å². The summed E-state index contributed by atoms with van der Waals surface area (Å²) < 4.78 is 4.94. The maximum Gasteiger partial charge on any atom is 0.316 e. The van der Waals surface area contributed by atoms with E-state index < -0.39 is 23.5 Å². The first-order chi connectivity index (χ1) is 12.6. The maximum atomic E-state index is 12.9. The second-order valence-corrected chi connectivity index (χ2v) is 5.74. The Kier molecular flexibility index (Phi) is 7.03. The Hall–Kier alpha value is -3.01. The fourth-order valence-electron chi connectivity index (χ4n) is 2.61. The molecule has 0 aliphatic heterocycles. The highest BCUT2D eigenvalue weighted by Crippen LogP contribution is 2.22. The molecule has 26 heavy (non-hydrogen) atoms. The molecule has 134 valence electrons. The number of carbonyl (C=O) groups excluding carboxylic acids is 3. The van der Waals surface area contributed by atoms with Crippen molar-refractivity contribution in [3.63, 3.8) is 0 Å². The fourth-order valence-corrected chi connectivity index (χ4v) is 2.61. The van der Waals surface area contributed by atoms with Gasteiger partial charge in [0.1, 0.15) is 5.92 Å². The molecule has 1 atom stereocenters. The third-order valence-corrected chi connectivity index (χ3v) is 3.96. The first-order valence-electron chi connectivity index (χ1n) is 8.65. The zero-order valence-corrected chi connectivity index (χ0v) is 15.0. The zero-order valence-electron chi connectivity index (χ0n) is 15.0. The summed E-state index contributed by atoms with van der Waals surface area (Å²) in [6.07, 6.45) is 1.89. The lowest BCUT2D eigenvalue weighted by Crippen LogP contribution is -2.31. The van der Waals surface area contributed by atoms with E-state index in [0.29, 0.717) is 5.56 Å². The van der Waals surface area contributed by atoms with Gasteiger partial charge in [-0.3, -0.25) is 14.4 Å². The summed E-state index contributed by atoms with van der Waals surface area (Å²) >= 11 is 0. The van der Waals surface area contributed by atoms with Gasteiger partial charge in [0.15, 0.2) is 0 Å². The molecule has 0 amide bonds. The SMILES string of the molecule is CCOC(=O)C(CC)C(=O)C(=O)/C(=C/c1ccccc1)c1ccccc1. The van der Waals surface area contributed by atoms with Crippen molar-refractivity contribution in [2.75, 3.05) is 6.61 Å². The van der Waals surface area contributed by atoms with Crippen LogP contribution in [0.2, 0.25) is 0 Å². The van der Waals surface area contributed by atoms with E-state index in [9.17, 15) is 14.4 Å². The first kappa shape index (κ1) is 19.3. The number of esters is 1. The third-order valence-electron chi connectivity index (χ3n) is 3.96. The second kappa shape index (κ2) is 9.47. The van der Waals surface area contributed by atoms with Gasteiger partial charge in [-0.15, -0.1) is 0 Å². The minimum Gasteiger partial charge on any atom is -0.465 e. The first-order valence-corrected chi connectivity index (χ1v) is 8.65. The largest absolute Gasteiger partial charge is 0.465 e. The predicted octanol–water partition coefficient (Wildman–Crippen LogP) is 3.95. The van der Waals surface area contributed by atoms with Crippen molar-refractivity contribution < 1.29 is 19.1 Å². The van der Waals surface area contributed by atoms with E-state index in [0.717, 1.165) is 5.56 Å². The van der Waals surface area contributed by atoms with E-state index in [4.69, 9.17) is 4.74 Å². The quantitative estimate of drug-likeness (QED) is 0.238. The molecule has 0 N–H and O–H groups in total. The van der Waals surface area contributed by atoms with E-state index >= 15 is 0 Å². The van der Waals surface area contributed by atoms with Crippen molar-refractivity contribution in [3.8, 4) is 0 Å². The van der Waals surface area contributed by atoms with Gasteiger partial charge in [-0.2, -0.15) is 0 Å². The van der Waals surface area contributed by atoms with E-state index in [1.54, 1.807) is 44.2 Å². The number of Topliss-reactive ketones (excluding diaryl/α,β-unsaturated/α-hetero) is 2. The van der Waals surface area contributed by atoms with Crippen molar-refractivity contribution in [1.82, 2.24) is 0 Å². The fraction of sp³-hybridized carbons (Fsp3) is 0.227. The lowest BCUT2D eigenvalue weighted by Gasteiger charge is -2.13. The molecule has 2 aromatic carbocycles. The van der Waals surface area contributed by atoms with Crippen LogP contribution in [0.5, 0.6) is 0 Å². The predicted molar refractivity (Wildman–Crippen MR) is 101 cm³/mol. The van der Waals surface area contributed by atoms with Crippen molar-refractivity contribution in [2.45, 2.75) is 20.3 Å². The molecule has 0 heterocycles. The van der Waals surface area contributed by atoms with E-state index in [2.05, 4.69) is 0 Å². The van der Waals surface area contributed by atoms with Crippen LogP contribution < -0.4 is 0 Å². The Bertz CT molecular complexity index is 791. The molecule has 0 aliphatic carbocycles. The normalized spacial score (nSPS) is 12.3. The smallest absolute Gasteiger partial charge is 0.316 e. The van der Waals surface area contributed by atoms with Gasteiger partial charge in [0, 0.05) is 5.57 Å². The molecule has 0 aliphatic rings. The topological polar surface area (TPSA) is 60.4 Å². The summed E-state index contributed by atoms with van der Waals surface area (Å²) in [5.41, 5.74) is 1.70. The Morgan fingerprint density at radius 1 is 0.923 bits per heavy atom. The van der Waals surface area contributed by atoms with Crippen LogP contribution in [0.1, 0.15) is 31.4 Å². The maximum absolute atomic E-state index is 12.9. The second-order valence-electron chi connectivity index (χ2n) is 5.74. The van der Waals surface area contributed by atoms with Crippen molar-refractivity contribution >= 4 is 29.2 Å². The van der Waals surface area contributed by atoms with Crippen LogP contribution in [-0.4, -0.2) is 24.1 Å². The molecule has 1 unspecified atom stereocenters. The average Bonchev–Trinajstić information content (AvgIpc) is 2.68. The van der Waals surface area contributed by atoms with Crippen LogP contribution in [0.4, 0.5) is 0 Å². The summed E-state index contributed by atoms with van der Waals surface area (Å²) in [5.74, 6) is -3.15. The molecule has 0 bridgehead atoms. The van der Waals surface area contributed by atoms with Gasteiger partial charge < -0.3 is 4.74 Å². The molecule has 4 nitrogen and oxygen atoms in total. The van der Waals surface area contributed by atoms with Crippen LogP contribution in [0.15, 0.2) is 60.7 Å². The average molecular weight is 350 g/mol. The molecule has 0 radical (unpaired) electrons. The van der Waals surface area contributed by atoms with Crippen molar-refractivity contribution in [3.05, 3.63) is 71.8 Å². The Morgan fingerprint density at radius 3 is 2.04 bits per heavy atom. The summed E-state index contributed by atoms with van der Waals surface area (Å²) in [5, 5.41) is 0. The van der Waals surface area contributed by atoms with Gasteiger partial charge in [0.2, 0.25) is 11.6 Å². The number of carbonyl (C=O) groups is 3. The summed E-state index contributed by atoms with van der Waals surface area (Å²) in [6.45, 7) is 3.53. The molecule has 0 spiro atoms. The van der Waals surface area contributed by atoms with Gasteiger partial charge in [0.25, 0.3) is 0 Å². The standard InChI is InChI=1S/C22H22O4/c1-3-18(22(25)26-4-2)20(23)21(24)19(17-13-9-6-10-14-17)15-16-11-7-5-8-12-16/h5-15,18H,3-4H2,1-2H3/b19-15+. The number of ether oxygens (including phenoxy) is 1. The molecule has 4 heteroatoms. The Labute approximate surface area is 153 Å². The van der Waals surface area contributed by atoms with Gasteiger partial charge in [-0.05, 0) is 30.5 Å². The minimum absolute atomic E-state index is 0.169. The Morgan fingerprint density at radius 2 is 1.50 bits per heavy atom. The summed E-state index contributed by atoms with van der Waals surface area (Å²) in [6, 6.07) is 18.3. The summed E-state index contributed by atoms with van der Waals surface area (Å²) in [7, 11) is 0. The number of benzene rings is 2. The van der Waals surface area contributed by atoms with Crippen molar-refractivity contribution in [1.29, 1.82) is 0 Å². The molecular weight excluding hydrogens is 328 g/mol. The van der Waals surface area contributed by atoms with Crippen LogP contribution >= 0.6 is 0 Å². The summed E-state index contributed by atoms with van der Waals surface area (Å²) in [4.78, 5) is 37.7. The molecule has 2 rings (SSSR count). The molecule has 0 saturated heterocycles. The molecular formula is C22H22O4. The van der Waals surface area contributed by atoms with Gasteiger partial charge in [-0.25, -0.2) is 0 Å². The number of rotatable bonds is 8. The highest BCUT2D eigenvalue weighted by Gasteiger charge is 2.33. The Balaban J connectivity index is 2.42. The molecule has 0 aromatic heterocycles. The molecule has 0 fully saturated rings. The van der Waals surface area contributed by atoms with Crippen LogP contribution in [0.25, 0.3) is 11.6 Å². The zero-order chi connectivity index (χ0) is 18.9. The number of ketones is 2. The number of hydrogen-bond acceptors (Lipinski definition) is 4. The number of hydrogen-bond donors (Lipinski definition) is 0. The third kappa shape index (κ3) is 4.76. The highest BCUT2D eigenvalue weighted by molar-refractivity contribution is 6.57. The van der Waals surface area contributed by atoms with Crippen LogP contribution in [-0.2, 0) is 19.1 Å². The van der Waals surface area contributed by atoms with Gasteiger partial charge in [-0.1, -0.05) is 67.6 Å². The monoisotopic (exact) mass is 350 g/mol. The lowest BCUT2D eigenvalue weighted by molar-refractivity contribution is -0.153. The number of allylic oxidation sites excluding steroid dienone is 1. The minimum atomic E-state index is -1.08. The van der Waals surface area contributed by atoms with E-state index in [1.165, 1.54) is 0 Å². The van der Waals surface area contributed by atoms with E-state index in [-0.39, 0.29) is 18.6 Å². The lowest BCUT2D eigenvalue weighted by atomic mass is 9.90. The van der Waals surface area contributed by atoms with Gasteiger partial charge >= 0.3 is 5.97 Å². The highest BCUT2D eigenvalue weighted by atomic mass is 16.5. The van der Waals surface area contributed by atoms with Crippen LogP contribution in [0.3, 0.4) is 0 Å². The molecule has 2 aromatic rings.